The van der Waals surface area contributed by atoms with Gasteiger partial charge in [-0.2, -0.15) is 0 Å². The normalized spacial score (nSPS) is 11.5. The maximum Gasteiger partial charge on any atom is 0.334 e. The van der Waals surface area contributed by atoms with Crippen molar-refractivity contribution in [3.63, 3.8) is 0 Å². The monoisotopic (exact) mass is 224 g/mol. The third-order valence-electron chi connectivity index (χ3n) is 2.27. The van der Waals surface area contributed by atoms with Gasteiger partial charge >= 0.3 is 5.69 Å². The van der Waals surface area contributed by atoms with Crippen LogP contribution in [-0.4, -0.2) is 19.4 Å². The molecule has 2 heterocycles. The first-order chi connectivity index (χ1) is 7.00. The lowest BCUT2D eigenvalue weighted by Crippen LogP contribution is -2.18. The van der Waals surface area contributed by atoms with Gasteiger partial charge in [0.15, 0.2) is 4.77 Å². The molecule has 15 heavy (non-hydrogen) atoms. The van der Waals surface area contributed by atoms with E-state index in [4.69, 9.17) is 12.2 Å². The minimum Gasteiger partial charge on any atom is -0.316 e. The van der Waals surface area contributed by atoms with Gasteiger partial charge in [-0.05, 0) is 25.1 Å². The van der Waals surface area contributed by atoms with E-state index >= 15 is 0 Å². The van der Waals surface area contributed by atoms with Crippen LogP contribution in [0, 0.1) is 11.7 Å². The van der Waals surface area contributed by atoms with Crippen molar-refractivity contribution in [3.8, 4) is 0 Å². The van der Waals surface area contributed by atoms with Gasteiger partial charge in [0.25, 0.3) is 0 Å². The molecule has 2 N–H and O–H groups in total. The summed E-state index contributed by atoms with van der Waals surface area (Å²) in [6.45, 7) is 5.85. The summed E-state index contributed by atoms with van der Waals surface area (Å²) in [6.07, 6.45) is 0. The number of aromatic nitrogens is 4. The molecule has 2 rings (SSSR count). The molecular formula is C9H12N4OS. The Kier molecular flexibility index (Phi) is 2.22. The number of nitrogens with zero attached hydrogens (tertiary/aromatic N) is 2. The highest BCUT2D eigenvalue weighted by Crippen LogP contribution is 2.17. The molecular weight excluding hydrogens is 212 g/mol. The standard InChI is InChI=1S/C9H12N4OS/c1-4(2)6-7-11-8(15)12-9(14)13(7)5(3)10-6/h4H,1-3H3,(H2,11,12,14,15). The fraction of sp³-hybridized carbons (Fsp3) is 0.444. The highest BCUT2D eigenvalue weighted by molar-refractivity contribution is 7.71. The highest BCUT2D eigenvalue weighted by Gasteiger charge is 2.13. The maximum atomic E-state index is 11.6. The van der Waals surface area contributed by atoms with E-state index in [1.165, 1.54) is 4.40 Å². The Morgan fingerprint density at radius 2 is 2.07 bits per heavy atom. The lowest BCUT2D eigenvalue weighted by molar-refractivity contribution is 0.832. The number of nitrogens with one attached hydrogen (secondary N) is 2. The minimum absolute atomic E-state index is 0.245. The number of hydrogen-bond donors (Lipinski definition) is 2. The molecule has 0 amide bonds. The predicted octanol–water partition coefficient (Wildman–Crippen LogP) is 1.51. The summed E-state index contributed by atoms with van der Waals surface area (Å²) in [5.74, 6) is 0.919. The molecule has 0 aliphatic rings. The molecule has 6 heteroatoms. The summed E-state index contributed by atoms with van der Waals surface area (Å²) in [5.41, 5.74) is 1.31. The van der Waals surface area contributed by atoms with Crippen LogP contribution in [0.4, 0.5) is 0 Å². The first kappa shape index (κ1) is 10.1. The summed E-state index contributed by atoms with van der Waals surface area (Å²) >= 11 is 4.93. The second-order valence-corrected chi connectivity index (χ2v) is 4.18. The number of rotatable bonds is 1. The van der Waals surface area contributed by atoms with Gasteiger partial charge in [-0.3, -0.25) is 4.98 Å². The SMILES string of the molecule is Cc1nc(C(C)C)c2[nH]c(=S)[nH]c(=O)n12. The van der Waals surface area contributed by atoms with Crippen molar-refractivity contribution in [2.24, 2.45) is 0 Å². The van der Waals surface area contributed by atoms with Crippen molar-refractivity contribution in [2.75, 3.05) is 0 Å². The molecule has 0 spiro atoms. The molecule has 0 aliphatic heterocycles. The molecule has 0 saturated heterocycles. The van der Waals surface area contributed by atoms with Crippen LogP contribution in [0.1, 0.15) is 31.3 Å². The average molecular weight is 224 g/mol. The lowest BCUT2D eigenvalue weighted by Gasteiger charge is -2.00. The van der Waals surface area contributed by atoms with Crippen molar-refractivity contribution in [1.29, 1.82) is 0 Å². The van der Waals surface area contributed by atoms with E-state index in [9.17, 15) is 4.79 Å². The summed E-state index contributed by atoms with van der Waals surface area (Å²) in [6, 6.07) is 0. The van der Waals surface area contributed by atoms with Crippen LogP contribution in [0.5, 0.6) is 0 Å². The van der Waals surface area contributed by atoms with Crippen molar-refractivity contribution < 1.29 is 0 Å². The van der Waals surface area contributed by atoms with Gasteiger partial charge in [0.1, 0.15) is 11.5 Å². The molecule has 0 aliphatic carbocycles. The number of hydrogen-bond acceptors (Lipinski definition) is 3. The van der Waals surface area contributed by atoms with Crippen LogP contribution in [-0.2, 0) is 0 Å². The van der Waals surface area contributed by atoms with Crippen LogP contribution in [0.3, 0.4) is 0 Å². The number of fused-ring (bicyclic) bond motifs is 1. The third kappa shape index (κ3) is 1.50. The first-order valence-corrected chi connectivity index (χ1v) is 5.13. The Morgan fingerprint density at radius 3 is 2.67 bits per heavy atom. The quantitative estimate of drug-likeness (QED) is 0.722. The van der Waals surface area contributed by atoms with Crippen molar-refractivity contribution in [3.05, 3.63) is 26.8 Å². The number of aromatic amines is 2. The van der Waals surface area contributed by atoms with E-state index in [0.717, 1.165) is 5.69 Å². The molecule has 0 saturated carbocycles. The second-order valence-electron chi connectivity index (χ2n) is 3.77. The molecule has 80 valence electrons. The predicted molar refractivity (Wildman–Crippen MR) is 59.8 cm³/mol. The van der Waals surface area contributed by atoms with Crippen molar-refractivity contribution >= 4 is 17.9 Å². The smallest absolute Gasteiger partial charge is 0.316 e. The molecule has 0 aromatic carbocycles. The fourth-order valence-corrected chi connectivity index (χ4v) is 1.80. The molecule has 2 aromatic rings. The van der Waals surface area contributed by atoms with Crippen LogP contribution < -0.4 is 5.69 Å². The van der Waals surface area contributed by atoms with Crippen LogP contribution >= 0.6 is 12.2 Å². The maximum absolute atomic E-state index is 11.6. The Hall–Kier alpha value is -1.43. The van der Waals surface area contributed by atoms with Gasteiger partial charge in [0, 0.05) is 0 Å². The molecule has 0 fully saturated rings. The second kappa shape index (κ2) is 3.30. The van der Waals surface area contributed by atoms with Crippen LogP contribution in [0.25, 0.3) is 5.65 Å². The van der Waals surface area contributed by atoms with Gasteiger partial charge in [0.05, 0.1) is 5.69 Å². The Morgan fingerprint density at radius 1 is 1.40 bits per heavy atom. The van der Waals surface area contributed by atoms with Gasteiger partial charge in [-0.15, -0.1) is 0 Å². The summed E-state index contributed by atoms with van der Waals surface area (Å²) in [7, 11) is 0. The molecule has 5 nitrogen and oxygen atoms in total. The van der Waals surface area contributed by atoms with Gasteiger partial charge in [-0.1, -0.05) is 13.8 Å². The Balaban J connectivity index is 3.00. The minimum atomic E-state index is -0.245. The molecule has 0 bridgehead atoms. The number of aryl methyl sites for hydroxylation is 1. The number of imidazole rings is 1. The van der Waals surface area contributed by atoms with Crippen molar-refractivity contribution in [2.45, 2.75) is 26.7 Å². The van der Waals surface area contributed by atoms with Gasteiger partial charge in [-0.25, -0.2) is 14.2 Å². The highest BCUT2D eigenvalue weighted by atomic mass is 32.1. The Bertz CT molecular complexity index is 619. The zero-order valence-electron chi connectivity index (χ0n) is 8.79. The topological polar surface area (TPSA) is 66.0 Å². The van der Waals surface area contributed by atoms with Crippen LogP contribution in [0.2, 0.25) is 0 Å². The Labute approximate surface area is 91.2 Å². The van der Waals surface area contributed by atoms with E-state index in [2.05, 4.69) is 15.0 Å². The molecule has 0 atom stereocenters. The van der Waals surface area contributed by atoms with E-state index < -0.39 is 0 Å². The number of H-pyrrole nitrogens is 2. The average Bonchev–Trinajstić information content (AvgIpc) is 2.42. The molecule has 2 aromatic heterocycles. The van der Waals surface area contributed by atoms with Gasteiger partial charge < -0.3 is 4.98 Å². The molecule has 0 radical (unpaired) electrons. The van der Waals surface area contributed by atoms with E-state index in [0.29, 0.717) is 16.2 Å². The van der Waals surface area contributed by atoms with Crippen LogP contribution in [0.15, 0.2) is 4.79 Å². The fourth-order valence-electron chi connectivity index (χ4n) is 1.62. The van der Waals surface area contributed by atoms with E-state index in [-0.39, 0.29) is 11.6 Å². The first-order valence-electron chi connectivity index (χ1n) is 4.72. The zero-order valence-corrected chi connectivity index (χ0v) is 9.60. The van der Waals surface area contributed by atoms with Crippen molar-refractivity contribution in [1.82, 2.24) is 19.4 Å². The zero-order chi connectivity index (χ0) is 11.2. The summed E-state index contributed by atoms with van der Waals surface area (Å²) in [5, 5.41) is 0. The summed E-state index contributed by atoms with van der Waals surface area (Å²) in [4.78, 5) is 21.5. The lowest BCUT2D eigenvalue weighted by atomic mass is 10.1. The summed E-state index contributed by atoms with van der Waals surface area (Å²) < 4.78 is 1.83. The third-order valence-corrected chi connectivity index (χ3v) is 2.48. The van der Waals surface area contributed by atoms with E-state index in [1.807, 2.05) is 13.8 Å². The van der Waals surface area contributed by atoms with Gasteiger partial charge in [0.2, 0.25) is 0 Å². The van der Waals surface area contributed by atoms with E-state index in [1.54, 1.807) is 6.92 Å². The largest absolute Gasteiger partial charge is 0.334 e. The molecule has 0 unspecified atom stereocenters.